The highest BCUT2D eigenvalue weighted by Crippen LogP contribution is 2.44. The zero-order valence-corrected chi connectivity index (χ0v) is 11.6. The Balaban J connectivity index is 1.93. The first-order valence-corrected chi connectivity index (χ1v) is 6.71. The van der Waals surface area contributed by atoms with E-state index in [0.717, 1.165) is 24.2 Å². The van der Waals surface area contributed by atoms with Crippen LogP contribution in [0.1, 0.15) is 25.3 Å². The second-order valence-corrected chi connectivity index (χ2v) is 5.53. The van der Waals surface area contributed by atoms with Crippen LogP contribution < -0.4 is 15.8 Å². The van der Waals surface area contributed by atoms with Gasteiger partial charge in [0.2, 0.25) is 5.91 Å². The van der Waals surface area contributed by atoms with E-state index in [2.05, 4.69) is 12.2 Å². The van der Waals surface area contributed by atoms with Crippen molar-refractivity contribution in [2.75, 3.05) is 13.7 Å². The predicted molar refractivity (Wildman–Crippen MR) is 74.7 cm³/mol. The molecule has 3 N–H and O–H groups in total. The predicted octanol–water partition coefficient (Wildman–Crippen LogP) is 1.69. The molecule has 2 rings (SSSR count). The van der Waals surface area contributed by atoms with E-state index in [9.17, 15) is 4.79 Å². The number of nitrogens with two attached hydrogens (primary N) is 1. The molecule has 0 atom stereocenters. The zero-order chi connectivity index (χ0) is 13.9. The molecule has 4 heteroatoms. The van der Waals surface area contributed by atoms with Crippen LogP contribution in [0.15, 0.2) is 24.3 Å². The molecule has 1 aromatic rings. The Hall–Kier alpha value is -1.55. The third-order valence-electron chi connectivity index (χ3n) is 3.94. The van der Waals surface area contributed by atoms with Crippen LogP contribution in [0.5, 0.6) is 5.75 Å². The highest BCUT2D eigenvalue weighted by Gasteiger charge is 2.46. The molecule has 1 amide bonds. The number of nitrogens with one attached hydrogen (secondary N) is 1. The molecule has 0 aromatic heterocycles. The van der Waals surface area contributed by atoms with Crippen LogP contribution >= 0.6 is 0 Å². The van der Waals surface area contributed by atoms with Gasteiger partial charge in [0, 0.05) is 13.1 Å². The van der Waals surface area contributed by atoms with Crippen LogP contribution in [-0.4, -0.2) is 19.6 Å². The Bertz CT molecular complexity index is 453. The monoisotopic (exact) mass is 262 g/mol. The summed E-state index contributed by atoms with van der Waals surface area (Å²) in [5.41, 5.74) is 6.47. The van der Waals surface area contributed by atoms with Gasteiger partial charge < -0.3 is 15.8 Å². The fraction of sp³-hybridized carbons (Fsp3) is 0.533. The third-order valence-corrected chi connectivity index (χ3v) is 3.94. The van der Waals surface area contributed by atoms with Crippen LogP contribution in [0.3, 0.4) is 0 Å². The number of carbonyl (C=O) groups is 1. The zero-order valence-electron chi connectivity index (χ0n) is 11.6. The molecule has 1 aliphatic carbocycles. The SMILES string of the molecule is COc1cccc(CNC(=O)C2(CN)CC(C)C2)c1. The number of methoxy groups -OCH3 is 1. The van der Waals surface area contributed by atoms with Gasteiger partial charge in [0.25, 0.3) is 0 Å². The van der Waals surface area contributed by atoms with E-state index in [0.29, 0.717) is 19.0 Å². The summed E-state index contributed by atoms with van der Waals surface area (Å²) >= 11 is 0. The number of hydrogen-bond acceptors (Lipinski definition) is 3. The molecular formula is C15H22N2O2. The summed E-state index contributed by atoms with van der Waals surface area (Å²) in [6.45, 7) is 3.11. The number of ether oxygens (including phenoxy) is 1. The number of carbonyl (C=O) groups excluding carboxylic acids is 1. The second kappa shape index (κ2) is 5.61. The van der Waals surface area contributed by atoms with Gasteiger partial charge in [0.05, 0.1) is 12.5 Å². The molecule has 0 heterocycles. The smallest absolute Gasteiger partial charge is 0.227 e. The lowest BCUT2D eigenvalue weighted by atomic mass is 9.62. The molecule has 1 saturated carbocycles. The maximum absolute atomic E-state index is 12.2. The second-order valence-electron chi connectivity index (χ2n) is 5.53. The number of hydrogen-bond donors (Lipinski definition) is 2. The normalized spacial score (nSPS) is 25.5. The van der Waals surface area contributed by atoms with Gasteiger partial charge >= 0.3 is 0 Å². The molecule has 0 bridgehead atoms. The summed E-state index contributed by atoms with van der Waals surface area (Å²) in [5.74, 6) is 1.49. The highest BCUT2D eigenvalue weighted by molar-refractivity contribution is 5.83. The van der Waals surface area contributed by atoms with Crippen molar-refractivity contribution in [2.24, 2.45) is 17.1 Å². The van der Waals surface area contributed by atoms with Crippen molar-refractivity contribution >= 4 is 5.91 Å². The van der Waals surface area contributed by atoms with Crippen LogP contribution in [0.2, 0.25) is 0 Å². The van der Waals surface area contributed by atoms with E-state index in [-0.39, 0.29) is 11.3 Å². The topological polar surface area (TPSA) is 64.3 Å². The molecule has 0 unspecified atom stereocenters. The van der Waals surface area contributed by atoms with Gasteiger partial charge in [-0.05, 0) is 36.5 Å². The third kappa shape index (κ3) is 2.89. The minimum Gasteiger partial charge on any atom is -0.497 e. The molecule has 19 heavy (non-hydrogen) atoms. The molecule has 4 nitrogen and oxygen atoms in total. The quantitative estimate of drug-likeness (QED) is 0.848. The Morgan fingerprint density at radius 3 is 2.84 bits per heavy atom. The van der Waals surface area contributed by atoms with Crippen molar-refractivity contribution in [3.63, 3.8) is 0 Å². The van der Waals surface area contributed by atoms with Gasteiger partial charge in [-0.15, -0.1) is 0 Å². The first-order valence-electron chi connectivity index (χ1n) is 6.71. The summed E-state index contributed by atoms with van der Waals surface area (Å²) in [5, 5.41) is 2.99. The van der Waals surface area contributed by atoms with Crippen molar-refractivity contribution in [2.45, 2.75) is 26.3 Å². The van der Waals surface area contributed by atoms with Gasteiger partial charge in [0.15, 0.2) is 0 Å². The summed E-state index contributed by atoms with van der Waals surface area (Å²) in [7, 11) is 1.64. The van der Waals surface area contributed by atoms with Gasteiger partial charge in [0.1, 0.15) is 5.75 Å². The minimum absolute atomic E-state index is 0.0796. The van der Waals surface area contributed by atoms with Crippen LogP contribution in [0.25, 0.3) is 0 Å². The molecule has 0 aliphatic heterocycles. The Morgan fingerprint density at radius 2 is 2.26 bits per heavy atom. The molecular weight excluding hydrogens is 240 g/mol. The van der Waals surface area contributed by atoms with Crippen LogP contribution in [-0.2, 0) is 11.3 Å². The largest absolute Gasteiger partial charge is 0.497 e. The summed E-state index contributed by atoms with van der Waals surface area (Å²) in [4.78, 5) is 12.2. The molecule has 1 aromatic carbocycles. The van der Waals surface area contributed by atoms with Crippen molar-refractivity contribution in [3.05, 3.63) is 29.8 Å². The maximum atomic E-state index is 12.2. The molecule has 0 saturated heterocycles. The lowest BCUT2D eigenvalue weighted by molar-refractivity contribution is -0.138. The summed E-state index contributed by atoms with van der Waals surface area (Å²) in [6.07, 6.45) is 1.79. The van der Waals surface area contributed by atoms with E-state index < -0.39 is 0 Å². The molecule has 0 radical (unpaired) electrons. The van der Waals surface area contributed by atoms with E-state index >= 15 is 0 Å². The van der Waals surface area contributed by atoms with Crippen LogP contribution in [0, 0.1) is 11.3 Å². The molecule has 104 valence electrons. The lowest BCUT2D eigenvalue weighted by Crippen LogP contribution is -2.53. The van der Waals surface area contributed by atoms with E-state index in [1.165, 1.54) is 0 Å². The van der Waals surface area contributed by atoms with E-state index in [1.54, 1.807) is 7.11 Å². The highest BCUT2D eigenvalue weighted by atomic mass is 16.5. The van der Waals surface area contributed by atoms with Crippen molar-refractivity contribution < 1.29 is 9.53 Å². The summed E-state index contributed by atoms with van der Waals surface area (Å²) < 4.78 is 5.16. The molecule has 1 aliphatic rings. The summed E-state index contributed by atoms with van der Waals surface area (Å²) in [6, 6.07) is 7.71. The fourth-order valence-corrected chi connectivity index (χ4v) is 2.87. The van der Waals surface area contributed by atoms with E-state index in [4.69, 9.17) is 10.5 Å². The number of rotatable bonds is 5. The lowest BCUT2D eigenvalue weighted by Gasteiger charge is -2.44. The Morgan fingerprint density at radius 1 is 1.53 bits per heavy atom. The first kappa shape index (κ1) is 13.9. The Kier molecular flexibility index (Phi) is 4.10. The maximum Gasteiger partial charge on any atom is 0.227 e. The van der Waals surface area contributed by atoms with Crippen molar-refractivity contribution in [3.8, 4) is 5.75 Å². The average molecular weight is 262 g/mol. The number of amides is 1. The van der Waals surface area contributed by atoms with E-state index in [1.807, 2.05) is 24.3 Å². The fourth-order valence-electron chi connectivity index (χ4n) is 2.87. The standard InChI is InChI=1S/C15H22N2O2/c1-11-7-15(8-11,10-16)14(18)17-9-12-4-3-5-13(6-12)19-2/h3-6,11H,7-10,16H2,1-2H3,(H,17,18). The number of benzene rings is 1. The molecule has 0 spiro atoms. The Labute approximate surface area is 114 Å². The van der Waals surface area contributed by atoms with Gasteiger partial charge in [-0.2, -0.15) is 0 Å². The first-order chi connectivity index (χ1) is 9.09. The van der Waals surface area contributed by atoms with Gasteiger partial charge in [-0.25, -0.2) is 0 Å². The molecule has 1 fully saturated rings. The average Bonchev–Trinajstić information content (AvgIpc) is 2.41. The van der Waals surface area contributed by atoms with Crippen molar-refractivity contribution in [1.29, 1.82) is 0 Å². The van der Waals surface area contributed by atoms with Gasteiger partial charge in [-0.1, -0.05) is 19.1 Å². The minimum atomic E-state index is -0.335. The van der Waals surface area contributed by atoms with Crippen molar-refractivity contribution in [1.82, 2.24) is 5.32 Å². The van der Waals surface area contributed by atoms with Gasteiger partial charge in [-0.3, -0.25) is 4.79 Å². The van der Waals surface area contributed by atoms with Crippen LogP contribution in [0.4, 0.5) is 0 Å².